The van der Waals surface area contributed by atoms with Gasteiger partial charge in [0.1, 0.15) is 12.4 Å². The summed E-state index contributed by atoms with van der Waals surface area (Å²) in [6.45, 7) is 14.0. The molecule has 1 atom stereocenters. The maximum absolute atomic E-state index is 5.91. The molecule has 2 rings (SSSR count). The molecule has 0 radical (unpaired) electrons. The van der Waals surface area contributed by atoms with E-state index in [0.717, 1.165) is 38.5 Å². The number of benzene rings is 1. The Hall–Kier alpha value is -1.06. The molecule has 1 heterocycles. The number of ether oxygens (including phenoxy) is 1. The molecule has 0 amide bonds. The summed E-state index contributed by atoms with van der Waals surface area (Å²) < 4.78 is 5.91. The molecular weight excluding hydrogens is 248 g/mol. The summed E-state index contributed by atoms with van der Waals surface area (Å²) in [5, 5.41) is 3.41. The first-order valence-electron chi connectivity index (χ1n) is 7.76. The molecule has 0 unspecified atom stereocenters. The summed E-state index contributed by atoms with van der Waals surface area (Å²) in [5.74, 6) is 1.57. The number of hydrogen-bond donors (Lipinski definition) is 1. The van der Waals surface area contributed by atoms with Crippen LogP contribution < -0.4 is 10.1 Å². The van der Waals surface area contributed by atoms with Crippen molar-refractivity contribution >= 4 is 0 Å². The first-order valence-corrected chi connectivity index (χ1v) is 7.76. The third-order valence-corrected chi connectivity index (χ3v) is 4.15. The van der Waals surface area contributed by atoms with Crippen LogP contribution in [0.15, 0.2) is 18.2 Å². The Bertz CT molecular complexity index is 431. The van der Waals surface area contributed by atoms with Gasteiger partial charge in [0, 0.05) is 32.2 Å². The molecule has 0 bridgehead atoms. The zero-order valence-electron chi connectivity index (χ0n) is 13.3. The molecule has 0 aliphatic carbocycles. The van der Waals surface area contributed by atoms with Gasteiger partial charge in [-0.2, -0.15) is 0 Å². The van der Waals surface area contributed by atoms with Crippen LogP contribution in [0.3, 0.4) is 0 Å². The molecule has 0 spiro atoms. The van der Waals surface area contributed by atoms with Crippen LogP contribution in [-0.2, 0) is 0 Å². The quantitative estimate of drug-likeness (QED) is 0.895. The minimum absolute atomic E-state index is 0.575. The largest absolute Gasteiger partial charge is 0.492 e. The Morgan fingerprint density at radius 1 is 1.40 bits per heavy atom. The van der Waals surface area contributed by atoms with E-state index in [4.69, 9.17) is 4.74 Å². The topological polar surface area (TPSA) is 24.5 Å². The molecule has 20 heavy (non-hydrogen) atoms. The Morgan fingerprint density at radius 3 is 2.85 bits per heavy atom. The van der Waals surface area contributed by atoms with Crippen LogP contribution in [0.4, 0.5) is 0 Å². The van der Waals surface area contributed by atoms with Crippen molar-refractivity contribution in [3.05, 3.63) is 29.3 Å². The van der Waals surface area contributed by atoms with E-state index in [1.54, 1.807) is 0 Å². The highest BCUT2D eigenvalue weighted by atomic mass is 16.5. The highest BCUT2D eigenvalue weighted by Gasteiger charge is 2.17. The van der Waals surface area contributed by atoms with Gasteiger partial charge in [-0.3, -0.25) is 4.90 Å². The number of piperazine rings is 1. The monoisotopic (exact) mass is 276 g/mol. The SMILES string of the molecule is Cc1cc(OCCN2CCNC[C@H]2C)ccc1C(C)C. The lowest BCUT2D eigenvalue weighted by atomic mass is 9.98. The molecular formula is C17H28N2O. The fourth-order valence-corrected chi connectivity index (χ4v) is 2.88. The average molecular weight is 276 g/mol. The van der Waals surface area contributed by atoms with Crippen LogP contribution in [0.2, 0.25) is 0 Å². The van der Waals surface area contributed by atoms with Gasteiger partial charge in [0.2, 0.25) is 0 Å². The lowest BCUT2D eigenvalue weighted by Crippen LogP contribution is -2.50. The molecule has 0 aromatic heterocycles. The number of aryl methyl sites for hydroxylation is 1. The predicted molar refractivity (Wildman–Crippen MR) is 84.7 cm³/mol. The van der Waals surface area contributed by atoms with E-state index in [1.165, 1.54) is 11.1 Å². The first kappa shape index (κ1) is 15.3. The van der Waals surface area contributed by atoms with Gasteiger partial charge in [0.15, 0.2) is 0 Å². The second-order valence-electron chi connectivity index (χ2n) is 6.11. The summed E-state index contributed by atoms with van der Waals surface area (Å²) in [6.07, 6.45) is 0. The molecule has 1 aromatic rings. The summed E-state index contributed by atoms with van der Waals surface area (Å²) >= 11 is 0. The standard InChI is InChI=1S/C17H28N2O/c1-13(2)17-6-5-16(11-14(17)3)20-10-9-19-8-7-18-12-15(19)4/h5-6,11,13,15,18H,7-10,12H2,1-4H3/t15-/m1/s1. The molecule has 1 aromatic carbocycles. The Morgan fingerprint density at radius 2 is 2.20 bits per heavy atom. The van der Waals surface area contributed by atoms with E-state index in [9.17, 15) is 0 Å². The second kappa shape index (κ2) is 7.09. The molecule has 1 aliphatic heterocycles. The predicted octanol–water partition coefficient (Wildman–Crippen LogP) is 2.79. The van der Waals surface area contributed by atoms with Gasteiger partial charge in [-0.25, -0.2) is 0 Å². The van der Waals surface area contributed by atoms with E-state index in [2.05, 4.69) is 56.1 Å². The third-order valence-electron chi connectivity index (χ3n) is 4.15. The Labute approximate surface area is 123 Å². The van der Waals surface area contributed by atoms with Crippen LogP contribution in [0.1, 0.15) is 37.8 Å². The highest BCUT2D eigenvalue weighted by Crippen LogP contribution is 2.23. The van der Waals surface area contributed by atoms with Crippen molar-refractivity contribution in [1.29, 1.82) is 0 Å². The van der Waals surface area contributed by atoms with Crippen molar-refractivity contribution in [2.24, 2.45) is 0 Å². The average Bonchev–Trinajstić information content (AvgIpc) is 2.40. The summed E-state index contributed by atoms with van der Waals surface area (Å²) in [4.78, 5) is 2.49. The van der Waals surface area contributed by atoms with Crippen LogP contribution in [0, 0.1) is 6.92 Å². The van der Waals surface area contributed by atoms with Crippen molar-refractivity contribution in [3.63, 3.8) is 0 Å². The van der Waals surface area contributed by atoms with E-state index >= 15 is 0 Å². The number of hydrogen-bond acceptors (Lipinski definition) is 3. The molecule has 0 saturated carbocycles. The lowest BCUT2D eigenvalue weighted by Gasteiger charge is -2.33. The fourth-order valence-electron chi connectivity index (χ4n) is 2.88. The third kappa shape index (κ3) is 3.97. The first-order chi connectivity index (χ1) is 9.58. The lowest BCUT2D eigenvalue weighted by molar-refractivity contribution is 0.143. The number of nitrogens with one attached hydrogen (secondary N) is 1. The van der Waals surface area contributed by atoms with E-state index in [-0.39, 0.29) is 0 Å². The minimum atomic E-state index is 0.575. The molecule has 1 N–H and O–H groups in total. The summed E-state index contributed by atoms with van der Waals surface area (Å²) in [5.41, 5.74) is 2.74. The maximum atomic E-state index is 5.91. The molecule has 1 fully saturated rings. The van der Waals surface area contributed by atoms with E-state index in [0.29, 0.717) is 12.0 Å². The van der Waals surface area contributed by atoms with Gasteiger partial charge >= 0.3 is 0 Å². The highest BCUT2D eigenvalue weighted by molar-refractivity contribution is 5.36. The Kier molecular flexibility index (Phi) is 5.44. The van der Waals surface area contributed by atoms with E-state index < -0.39 is 0 Å². The van der Waals surface area contributed by atoms with Crippen molar-refractivity contribution in [2.75, 3.05) is 32.8 Å². The molecule has 112 valence electrons. The van der Waals surface area contributed by atoms with Crippen LogP contribution in [0.25, 0.3) is 0 Å². The van der Waals surface area contributed by atoms with Crippen LogP contribution >= 0.6 is 0 Å². The van der Waals surface area contributed by atoms with Crippen LogP contribution in [0.5, 0.6) is 5.75 Å². The van der Waals surface area contributed by atoms with Crippen molar-refractivity contribution < 1.29 is 4.74 Å². The van der Waals surface area contributed by atoms with Crippen LogP contribution in [-0.4, -0.2) is 43.7 Å². The summed E-state index contributed by atoms with van der Waals surface area (Å²) in [6, 6.07) is 7.07. The zero-order valence-corrected chi connectivity index (χ0v) is 13.3. The van der Waals surface area contributed by atoms with Crippen molar-refractivity contribution in [1.82, 2.24) is 10.2 Å². The normalized spacial score (nSPS) is 20.4. The fraction of sp³-hybridized carbons (Fsp3) is 0.647. The zero-order chi connectivity index (χ0) is 14.5. The van der Waals surface area contributed by atoms with Crippen molar-refractivity contribution in [3.8, 4) is 5.75 Å². The van der Waals surface area contributed by atoms with Gasteiger partial charge in [-0.15, -0.1) is 0 Å². The maximum Gasteiger partial charge on any atom is 0.119 e. The van der Waals surface area contributed by atoms with Crippen molar-refractivity contribution in [2.45, 2.75) is 39.7 Å². The molecule has 1 saturated heterocycles. The van der Waals surface area contributed by atoms with Gasteiger partial charge < -0.3 is 10.1 Å². The molecule has 1 aliphatic rings. The number of rotatable bonds is 5. The van der Waals surface area contributed by atoms with Gasteiger partial charge in [-0.05, 0) is 43.0 Å². The smallest absolute Gasteiger partial charge is 0.119 e. The van der Waals surface area contributed by atoms with E-state index in [1.807, 2.05) is 0 Å². The van der Waals surface area contributed by atoms with Gasteiger partial charge in [0.05, 0.1) is 0 Å². The second-order valence-corrected chi connectivity index (χ2v) is 6.11. The Balaban J connectivity index is 1.83. The van der Waals surface area contributed by atoms with Gasteiger partial charge in [0.25, 0.3) is 0 Å². The molecule has 3 nitrogen and oxygen atoms in total. The molecule has 3 heteroatoms. The summed E-state index contributed by atoms with van der Waals surface area (Å²) in [7, 11) is 0. The van der Waals surface area contributed by atoms with Gasteiger partial charge in [-0.1, -0.05) is 19.9 Å². The number of nitrogens with zero attached hydrogens (tertiary/aromatic N) is 1. The minimum Gasteiger partial charge on any atom is -0.492 e.